The molecule has 2 heteroatoms. The number of aromatic nitrogens is 2. The summed E-state index contributed by atoms with van der Waals surface area (Å²) in [6.45, 7) is 12.1. The van der Waals surface area contributed by atoms with Crippen molar-refractivity contribution in [2.75, 3.05) is 0 Å². The van der Waals surface area contributed by atoms with Gasteiger partial charge in [0.1, 0.15) is 0 Å². The molecule has 2 nitrogen and oxygen atoms in total. The van der Waals surface area contributed by atoms with Gasteiger partial charge < -0.3 is 9.13 Å². The quantitative estimate of drug-likeness (QED) is 0.171. The van der Waals surface area contributed by atoms with E-state index in [1.807, 2.05) is 0 Å². The van der Waals surface area contributed by atoms with Gasteiger partial charge in [-0.25, -0.2) is 0 Å². The summed E-state index contributed by atoms with van der Waals surface area (Å²) in [4.78, 5) is 0. The van der Waals surface area contributed by atoms with Gasteiger partial charge in [-0.3, -0.25) is 0 Å². The van der Waals surface area contributed by atoms with E-state index in [-0.39, 0.29) is 10.8 Å². The Kier molecular flexibility index (Phi) is 6.54. The molecule has 2 aromatic heterocycles. The zero-order valence-electron chi connectivity index (χ0n) is 33.1. The standard InChI is InChI=1S/C55H44N2/c1-33-48(29-26-42-38-15-7-11-19-46(38)55(4,5)53(33)42)57-50-21-13-9-17-41(50)44-31-35(23-28-52(44)57)34-22-27-51-43(30-34)40-16-8-12-20-49(40)56(51)36-24-25-39-37-14-6-10-18-45(37)54(2,3)47(39)32-36/h6-33,53H,1-5H3. The second kappa shape index (κ2) is 11.4. The molecule has 0 N–H and O–H groups in total. The maximum atomic E-state index is 2.55. The second-order valence-corrected chi connectivity index (χ2v) is 17.8. The molecule has 0 bridgehead atoms. The number of rotatable bonds is 3. The van der Waals surface area contributed by atoms with Crippen LogP contribution in [0.15, 0.2) is 164 Å². The van der Waals surface area contributed by atoms with Crippen molar-refractivity contribution in [2.24, 2.45) is 11.8 Å². The third kappa shape index (κ3) is 4.31. The predicted molar refractivity (Wildman–Crippen MR) is 241 cm³/mol. The molecule has 57 heavy (non-hydrogen) atoms. The average Bonchev–Trinajstić information content (AvgIpc) is 3.89. The van der Waals surface area contributed by atoms with E-state index in [4.69, 9.17) is 0 Å². The van der Waals surface area contributed by atoms with Crippen molar-refractivity contribution in [1.82, 2.24) is 9.13 Å². The molecule has 2 atom stereocenters. The van der Waals surface area contributed by atoms with Crippen molar-refractivity contribution in [1.29, 1.82) is 0 Å². The fourth-order valence-electron chi connectivity index (χ4n) is 11.6. The maximum Gasteiger partial charge on any atom is 0.0541 e. The monoisotopic (exact) mass is 732 g/mol. The van der Waals surface area contributed by atoms with E-state index in [2.05, 4.69) is 208 Å². The molecule has 0 spiro atoms. The Bertz CT molecular complexity index is 3260. The molecular weight excluding hydrogens is 689 g/mol. The lowest BCUT2D eigenvalue weighted by atomic mass is 9.69. The van der Waals surface area contributed by atoms with Gasteiger partial charge in [0.15, 0.2) is 0 Å². The van der Waals surface area contributed by atoms with Crippen LogP contribution >= 0.6 is 0 Å². The molecule has 274 valence electrons. The van der Waals surface area contributed by atoms with Gasteiger partial charge in [-0.05, 0) is 110 Å². The fourth-order valence-corrected chi connectivity index (χ4v) is 11.6. The van der Waals surface area contributed by atoms with E-state index in [0.717, 1.165) is 0 Å². The van der Waals surface area contributed by atoms with Crippen LogP contribution in [0.3, 0.4) is 0 Å². The molecule has 3 aliphatic carbocycles. The van der Waals surface area contributed by atoms with Crippen molar-refractivity contribution in [3.8, 4) is 27.9 Å². The summed E-state index contributed by atoms with van der Waals surface area (Å²) in [5, 5.41) is 5.14. The van der Waals surface area contributed by atoms with Crippen molar-refractivity contribution >= 4 is 54.9 Å². The maximum absolute atomic E-state index is 2.55. The van der Waals surface area contributed by atoms with Gasteiger partial charge in [-0.2, -0.15) is 0 Å². The van der Waals surface area contributed by atoms with Crippen LogP contribution in [0.5, 0.6) is 0 Å². The smallest absolute Gasteiger partial charge is 0.0541 e. The third-order valence-electron chi connectivity index (χ3n) is 14.2. The topological polar surface area (TPSA) is 9.86 Å². The summed E-state index contributed by atoms with van der Waals surface area (Å²) < 4.78 is 5.02. The summed E-state index contributed by atoms with van der Waals surface area (Å²) in [6.07, 6.45) is 4.82. The average molecular weight is 733 g/mol. The minimum Gasteiger partial charge on any atom is -0.313 e. The minimum atomic E-state index is -0.0558. The summed E-state index contributed by atoms with van der Waals surface area (Å²) in [5.74, 6) is 0.761. The first-order valence-electron chi connectivity index (χ1n) is 20.6. The lowest BCUT2D eigenvalue weighted by Gasteiger charge is -2.37. The van der Waals surface area contributed by atoms with Crippen LogP contribution < -0.4 is 0 Å². The lowest BCUT2D eigenvalue weighted by molar-refractivity contribution is 0.349. The highest BCUT2D eigenvalue weighted by Gasteiger charge is 2.47. The van der Waals surface area contributed by atoms with Crippen LogP contribution in [0, 0.1) is 11.8 Å². The Labute approximate surface area is 334 Å². The molecule has 0 fully saturated rings. The summed E-state index contributed by atoms with van der Waals surface area (Å²) in [7, 11) is 0. The minimum absolute atomic E-state index is 0.0536. The molecule has 0 saturated heterocycles. The Hall–Kier alpha value is -6.38. The molecule has 0 amide bonds. The molecule has 7 aromatic carbocycles. The Morgan fingerprint density at radius 1 is 0.439 bits per heavy atom. The van der Waals surface area contributed by atoms with Crippen LogP contribution in [0.2, 0.25) is 0 Å². The molecule has 2 unspecified atom stereocenters. The molecule has 12 rings (SSSR count). The van der Waals surface area contributed by atoms with Crippen LogP contribution in [-0.2, 0) is 10.8 Å². The number of benzene rings is 7. The lowest BCUT2D eigenvalue weighted by Crippen LogP contribution is -2.31. The number of hydrogen-bond acceptors (Lipinski definition) is 0. The van der Waals surface area contributed by atoms with Gasteiger partial charge in [-0.15, -0.1) is 0 Å². The Balaban J connectivity index is 0.992. The molecule has 2 heterocycles. The fraction of sp³-hybridized carbons (Fsp3) is 0.164. The molecular formula is C55H44N2. The van der Waals surface area contributed by atoms with Crippen molar-refractivity contribution in [3.05, 3.63) is 186 Å². The van der Waals surface area contributed by atoms with E-state index in [1.165, 1.54) is 105 Å². The molecule has 0 radical (unpaired) electrons. The summed E-state index contributed by atoms with van der Waals surface area (Å²) >= 11 is 0. The van der Waals surface area contributed by atoms with E-state index < -0.39 is 0 Å². The Morgan fingerprint density at radius 2 is 0.982 bits per heavy atom. The van der Waals surface area contributed by atoms with Gasteiger partial charge in [0, 0.05) is 50.2 Å². The molecule has 9 aromatic rings. The summed E-state index contributed by atoms with van der Waals surface area (Å²) in [6, 6.07) is 57.1. The first-order chi connectivity index (χ1) is 27.7. The van der Waals surface area contributed by atoms with E-state index in [0.29, 0.717) is 11.8 Å². The van der Waals surface area contributed by atoms with Crippen molar-refractivity contribution in [2.45, 2.75) is 45.4 Å². The number of hydrogen-bond donors (Lipinski definition) is 0. The normalized spacial score (nSPS) is 18.8. The van der Waals surface area contributed by atoms with Crippen LogP contribution in [0.25, 0.3) is 82.8 Å². The number of fused-ring (bicyclic) bond motifs is 12. The van der Waals surface area contributed by atoms with Crippen LogP contribution in [0.4, 0.5) is 0 Å². The van der Waals surface area contributed by atoms with E-state index >= 15 is 0 Å². The number of allylic oxidation sites excluding steroid dienone is 4. The highest BCUT2D eigenvalue weighted by atomic mass is 15.0. The van der Waals surface area contributed by atoms with Gasteiger partial charge >= 0.3 is 0 Å². The zero-order chi connectivity index (χ0) is 38.4. The third-order valence-corrected chi connectivity index (χ3v) is 14.2. The zero-order valence-corrected chi connectivity index (χ0v) is 33.1. The van der Waals surface area contributed by atoms with Gasteiger partial charge in [-0.1, -0.05) is 144 Å². The first-order valence-corrected chi connectivity index (χ1v) is 20.6. The highest BCUT2D eigenvalue weighted by Crippen LogP contribution is 2.57. The van der Waals surface area contributed by atoms with Gasteiger partial charge in [0.05, 0.1) is 22.1 Å². The predicted octanol–water partition coefficient (Wildman–Crippen LogP) is 14.3. The molecule has 3 aliphatic rings. The highest BCUT2D eigenvalue weighted by molar-refractivity contribution is 6.13. The van der Waals surface area contributed by atoms with E-state index in [1.54, 1.807) is 0 Å². The summed E-state index contributed by atoms with van der Waals surface area (Å²) in [5.41, 5.74) is 19.9. The molecule has 0 aliphatic heterocycles. The van der Waals surface area contributed by atoms with Crippen molar-refractivity contribution < 1.29 is 0 Å². The van der Waals surface area contributed by atoms with E-state index in [9.17, 15) is 0 Å². The van der Waals surface area contributed by atoms with Crippen LogP contribution in [0.1, 0.15) is 56.9 Å². The largest absolute Gasteiger partial charge is 0.313 e. The van der Waals surface area contributed by atoms with Gasteiger partial charge in [0.25, 0.3) is 0 Å². The first kappa shape index (κ1) is 32.8. The number of nitrogens with zero attached hydrogens (tertiary/aromatic N) is 2. The molecule has 0 saturated carbocycles. The van der Waals surface area contributed by atoms with Crippen LogP contribution in [-0.4, -0.2) is 9.13 Å². The Morgan fingerprint density at radius 3 is 1.68 bits per heavy atom. The second-order valence-electron chi connectivity index (χ2n) is 17.8. The number of para-hydroxylation sites is 2. The van der Waals surface area contributed by atoms with Crippen molar-refractivity contribution in [3.63, 3.8) is 0 Å². The van der Waals surface area contributed by atoms with Gasteiger partial charge in [0.2, 0.25) is 0 Å². The SMILES string of the molecule is CC1C(n2c3ccccc3c3cc(-c4ccc5c(c4)c4ccccc4n5-c4ccc5c(c4)C(C)(C)c4ccccc4-5)ccc32)=CC=C2c3ccccc3C(C)(C)C21.